The van der Waals surface area contributed by atoms with Crippen LogP contribution in [0.4, 0.5) is 11.4 Å². The zero-order chi connectivity index (χ0) is 20.5. The third-order valence-corrected chi connectivity index (χ3v) is 4.20. The van der Waals surface area contributed by atoms with Crippen LogP contribution in [0.15, 0.2) is 48.5 Å². The summed E-state index contributed by atoms with van der Waals surface area (Å²) < 4.78 is 5.11. The zero-order valence-electron chi connectivity index (χ0n) is 15.9. The number of nitro benzene ring substituents is 1. The van der Waals surface area contributed by atoms with Crippen molar-refractivity contribution in [3.8, 4) is 0 Å². The molecule has 0 saturated carbocycles. The maximum absolute atomic E-state index is 12.5. The van der Waals surface area contributed by atoms with Crippen LogP contribution in [0.25, 0.3) is 0 Å². The Kier molecular flexibility index (Phi) is 7.50. The summed E-state index contributed by atoms with van der Waals surface area (Å²) >= 11 is 0. The molecule has 0 aliphatic rings. The minimum Gasteiger partial charge on any atom is -0.452 e. The number of carbonyl (C=O) groups excluding carboxylic acids is 2. The smallest absolute Gasteiger partial charge is 0.341 e. The average molecular weight is 385 g/mol. The van der Waals surface area contributed by atoms with Gasteiger partial charge in [-0.2, -0.15) is 0 Å². The monoisotopic (exact) mass is 385 g/mol. The Bertz CT molecular complexity index is 835. The van der Waals surface area contributed by atoms with Gasteiger partial charge in [0.2, 0.25) is 0 Å². The number of amides is 1. The number of carbonyl (C=O) groups is 2. The number of nitrogens with zero attached hydrogens (tertiary/aromatic N) is 2. The van der Waals surface area contributed by atoms with Gasteiger partial charge in [0.15, 0.2) is 6.61 Å². The van der Waals surface area contributed by atoms with Crippen molar-refractivity contribution in [1.82, 2.24) is 4.90 Å². The van der Waals surface area contributed by atoms with E-state index in [2.05, 4.69) is 5.32 Å². The highest BCUT2D eigenvalue weighted by Gasteiger charge is 2.20. The fourth-order valence-electron chi connectivity index (χ4n) is 2.63. The largest absolute Gasteiger partial charge is 0.452 e. The molecule has 1 amide bonds. The van der Waals surface area contributed by atoms with Gasteiger partial charge in [0.1, 0.15) is 0 Å². The van der Waals surface area contributed by atoms with Gasteiger partial charge < -0.3 is 15.0 Å². The molecule has 0 radical (unpaired) electrons. The van der Waals surface area contributed by atoms with Crippen molar-refractivity contribution in [3.63, 3.8) is 0 Å². The van der Waals surface area contributed by atoms with Crippen LogP contribution >= 0.6 is 0 Å². The van der Waals surface area contributed by atoms with Crippen molar-refractivity contribution in [2.24, 2.45) is 0 Å². The number of non-ortho nitro benzene ring substituents is 1. The van der Waals surface area contributed by atoms with E-state index in [9.17, 15) is 19.7 Å². The lowest BCUT2D eigenvalue weighted by atomic mass is 10.1. The molecule has 8 heteroatoms. The molecule has 28 heavy (non-hydrogen) atoms. The summed E-state index contributed by atoms with van der Waals surface area (Å²) in [6.07, 6.45) is 0. The number of anilines is 1. The SMILES string of the molecule is CCN(CC)C(=O)COC(=O)c1cc([N+](=O)[O-])ccc1NCc1ccccc1. The minimum atomic E-state index is -0.792. The van der Waals surface area contributed by atoms with E-state index in [1.54, 1.807) is 0 Å². The lowest BCUT2D eigenvalue weighted by Gasteiger charge is -2.18. The van der Waals surface area contributed by atoms with E-state index in [0.717, 1.165) is 11.6 Å². The quantitative estimate of drug-likeness (QED) is 0.404. The number of esters is 1. The standard InChI is InChI=1S/C20H23N3O5/c1-3-22(4-2)19(24)14-28-20(25)17-12-16(23(26)27)10-11-18(17)21-13-15-8-6-5-7-9-15/h5-12,21H,3-4,13-14H2,1-2H3. The number of nitro groups is 1. The summed E-state index contributed by atoms with van der Waals surface area (Å²) in [4.78, 5) is 36.6. The van der Waals surface area contributed by atoms with Crippen molar-refractivity contribution in [3.05, 3.63) is 69.8 Å². The molecule has 0 spiro atoms. The summed E-state index contributed by atoms with van der Waals surface area (Å²) in [5.41, 5.74) is 1.16. The van der Waals surface area contributed by atoms with Crippen LogP contribution in [0.3, 0.4) is 0 Å². The number of benzene rings is 2. The van der Waals surface area contributed by atoms with E-state index in [4.69, 9.17) is 4.74 Å². The zero-order valence-corrected chi connectivity index (χ0v) is 15.9. The molecule has 0 atom stereocenters. The molecule has 0 bridgehead atoms. The predicted octanol–water partition coefficient (Wildman–Crippen LogP) is 3.23. The van der Waals surface area contributed by atoms with Gasteiger partial charge in [0, 0.05) is 37.5 Å². The van der Waals surface area contributed by atoms with E-state index in [1.807, 2.05) is 44.2 Å². The molecule has 0 aliphatic heterocycles. The molecule has 0 aliphatic carbocycles. The van der Waals surface area contributed by atoms with Crippen LogP contribution in [0.5, 0.6) is 0 Å². The number of hydrogen-bond acceptors (Lipinski definition) is 6. The van der Waals surface area contributed by atoms with Crippen molar-refractivity contribution >= 4 is 23.3 Å². The lowest BCUT2D eigenvalue weighted by molar-refractivity contribution is -0.384. The van der Waals surface area contributed by atoms with Gasteiger partial charge in [-0.15, -0.1) is 0 Å². The Morgan fingerprint density at radius 1 is 1.11 bits per heavy atom. The number of likely N-dealkylation sites (N-methyl/N-ethyl adjacent to an activating group) is 1. The first-order valence-corrected chi connectivity index (χ1v) is 8.97. The lowest BCUT2D eigenvalue weighted by Crippen LogP contribution is -2.34. The van der Waals surface area contributed by atoms with E-state index >= 15 is 0 Å². The highest BCUT2D eigenvalue weighted by atomic mass is 16.6. The van der Waals surface area contributed by atoms with Crippen LogP contribution in [0.2, 0.25) is 0 Å². The number of nitrogens with one attached hydrogen (secondary N) is 1. The van der Waals surface area contributed by atoms with Gasteiger partial charge in [-0.3, -0.25) is 14.9 Å². The molecular formula is C20H23N3O5. The van der Waals surface area contributed by atoms with Crippen molar-refractivity contribution < 1.29 is 19.2 Å². The van der Waals surface area contributed by atoms with E-state index < -0.39 is 17.5 Å². The maximum atomic E-state index is 12.5. The second-order valence-corrected chi connectivity index (χ2v) is 5.97. The molecule has 0 heterocycles. The maximum Gasteiger partial charge on any atom is 0.341 e. The van der Waals surface area contributed by atoms with Crippen LogP contribution < -0.4 is 5.32 Å². The van der Waals surface area contributed by atoms with Gasteiger partial charge in [-0.25, -0.2) is 4.79 Å². The van der Waals surface area contributed by atoms with Crippen LogP contribution in [0, 0.1) is 10.1 Å². The first-order valence-electron chi connectivity index (χ1n) is 8.97. The van der Waals surface area contributed by atoms with Crippen LogP contribution in [0.1, 0.15) is 29.8 Å². The summed E-state index contributed by atoms with van der Waals surface area (Å²) in [6, 6.07) is 13.4. The minimum absolute atomic E-state index is 0.0116. The third-order valence-electron chi connectivity index (χ3n) is 4.20. The second-order valence-electron chi connectivity index (χ2n) is 5.97. The Balaban J connectivity index is 2.16. The molecule has 148 valence electrons. The average Bonchev–Trinajstić information content (AvgIpc) is 2.72. The van der Waals surface area contributed by atoms with E-state index in [1.165, 1.54) is 17.0 Å². The highest BCUT2D eigenvalue weighted by Crippen LogP contribution is 2.23. The Labute approximate surface area is 163 Å². The summed E-state index contributed by atoms with van der Waals surface area (Å²) in [5.74, 6) is -1.11. The Morgan fingerprint density at radius 2 is 1.79 bits per heavy atom. The molecule has 0 aromatic heterocycles. The number of ether oxygens (including phenoxy) is 1. The molecule has 0 unspecified atom stereocenters. The van der Waals surface area contributed by atoms with E-state index in [-0.39, 0.29) is 17.2 Å². The molecule has 0 fully saturated rings. The fourth-order valence-corrected chi connectivity index (χ4v) is 2.63. The molecule has 8 nitrogen and oxygen atoms in total. The Morgan fingerprint density at radius 3 is 2.39 bits per heavy atom. The number of hydrogen-bond donors (Lipinski definition) is 1. The normalized spacial score (nSPS) is 10.2. The first kappa shape index (κ1) is 20.9. The van der Waals surface area contributed by atoms with Gasteiger partial charge in [-0.1, -0.05) is 30.3 Å². The topological polar surface area (TPSA) is 102 Å². The summed E-state index contributed by atoms with van der Waals surface area (Å²) in [7, 11) is 0. The van der Waals surface area contributed by atoms with Gasteiger partial charge in [0.05, 0.1) is 10.5 Å². The van der Waals surface area contributed by atoms with Crippen molar-refractivity contribution in [2.75, 3.05) is 25.0 Å². The third kappa shape index (κ3) is 5.54. The van der Waals surface area contributed by atoms with Gasteiger partial charge >= 0.3 is 5.97 Å². The number of rotatable bonds is 9. The molecule has 2 rings (SSSR count). The fraction of sp³-hybridized carbons (Fsp3) is 0.300. The molecule has 1 N–H and O–H groups in total. The van der Waals surface area contributed by atoms with Crippen LogP contribution in [-0.2, 0) is 16.1 Å². The predicted molar refractivity (Wildman–Crippen MR) is 105 cm³/mol. The van der Waals surface area contributed by atoms with E-state index in [0.29, 0.717) is 25.3 Å². The van der Waals surface area contributed by atoms with Crippen molar-refractivity contribution in [1.29, 1.82) is 0 Å². The molecule has 2 aromatic carbocycles. The van der Waals surface area contributed by atoms with Gasteiger partial charge in [-0.05, 0) is 25.5 Å². The first-order chi connectivity index (χ1) is 13.5. The molecule has 2 aromatic rings. The van der Waals surface area contributed by atoms with Crippen molar-refractivity contribution in [2.45, 2.75) is 20.4 Å². The second kappa shape index (κ2) is 10.1. The van der Waals surface area contributed by atoms with Crippen LogP contribution in [-0.4, -0.2) is 41.4 Å². The van der Waals surface area contributed by atoms with Gasteiger partial charge in [0.25, 0.3) is 11.6 Å². The summed E-state index contributed by atoms with van der Waals surface area (Å²) in [5, 5.41) is 14.2. The highest BCUT2D eigenvalue weighted by molar-refractivity contribution is 5.97. The molecular weight excluding hydrogens is 362 g/mol. The summed E-state index contributed by atoms with van der Waals surface area (Å²) in [6.45, 7) is 4.69. The molecule has 0 saturated heterocycles. The Hall–Kier alpha value is -3.42.